The molecule has 3 heterocycles. The van der Waals surface area contributed by atoms with E-state index in [1.807, 2.05) is 6.08 Å². The molecule has 3 saturated carbocycles. The van der Waals surface area contributed by atoms with Crippen molar-refractivity contribution in [3.8, 4) is 11.6 Å². The fourth-order valence-electron chi connectivity index (χ4n) is 7.52. The lowest BCUT2D eigenvalue weighted by Crippen LogP contribution is -2.58. The van der Waals surface area contributed by atoms with E-state index in [4.69, 9.17) is 14.2 Å². The zero-order valence-corrected chi connectivity index (χ0v) is 32.7. The molecule has 57 heavy (non-hydrogen) atoms. The minimum absolute atomic E-state index is 0.0398. The number of nitrogens with one attached hydrogen (secondary N) is 3. The summed E-state index contributed by atoms with van der Waals surface area (Å²) in [5, 5.41) is 5.39. The monoisotopic (exact) mass is 820 g/mol. The van der Waals surface area contributed by atoms with Gasteiger partial charge in [-0.2, -0.15) is 13.2 Å². The van der Waals surface area contributed by atoms with Crippen molar-refractivity contribution in [2.45, 2.75) is 125 Å². The number of nitrogens with zero attached hydrogens (tertiary/aromatic N) is 3. The molecule has 4 fully saturated rings. The van der Waals surface area contributed by atoms with E-state index in [9.17, 15) is 40.8 Å². The van der Waals surface area contributed by atoms with E-state index in [-0.39, 0.29) is 42.3 Å². The second kappa shape index (κ2) is 15.2. The summed E-state index contributed by atoms with van der Waals surface area (Å²) in [5.74, 6) is -3.39. The Labute approximate surface area is 327 Å². The van der Waals surface area contributed by atoms with Gasteiger partial charge in [0, 0.05) is 18.4 Å². The highest BCUT2D eigenvalue weighted by Gasteiger charge is 2.63. The molecule has 2 aromatic rings. The van der Waals surface area contributed by atoms with Crippen LogP contribution >= 0.6 is 0 Å². The van der Waals surface area contributed by atoms with Gasteiger partial charge < -0.3 is 29.7 Å². The number of halogens is 3. The quantitative estimate of drug-likeness (QED) is 0.306. The first-order chi connectivity index (χ1) is 26.9. The minimum atomic E-state index is -4.99. The van der Waals surface area contributed by atoms with Gasteiger partial charge >= 0.3 is 12.3 Å². The van der Waals surface area contributed by atoms with Crippen molar-refractivity contribution in [1.82, 2.24) is 30.2 Å². The second-order valence-electron chi connectivity index (χ2n) is 16.1. The van der Waals surface area contributed by atoms with E-state index < -0.39 is 92.5 Å². The van der Waals surface area contributed by atoms with E-state index in [0.717, 1.165) is 17.7 Å². The maximum absolute atomic E-state index is 14.5. The van der Waals surface area contributed by atoms with Gasteiger partial charge in [-0.25, -0.2) is 23.2 Å². The summed E-state index contributed by atoms with van der Waals surface area (Å²) in [7, 11) is -2.71. The molecule has 7 rings (SSSR count). The Balaban J connectivity index is 1.21. The van der Waals surface area contributed by atoms with Gasteiger partial charge in [0.05, 0.1) is 29.4 Å². The zero-order chi connectivity index (χ0) is 40.9. The van der Waals surface area contributed by atoms with E-state index in [0.29, 0.717) is 44.3 Å². The molecule has 19 heteroatoms. The third-order valence-electron chi connectivity index (χ3n) is 11.7. The first kappa shape index (κ1) is 40.5. The number of alkyl carbamates (subject to hydrolysis) is 1. The van der Waals surface area contributed by atoms with Crippen LogP contribution in [-0.4, -0.2) is 95.3 Å². The molecule has 1 aromatic carbocycles. The lowest BCUT2D eigenvalue weighted by atomic mass is 10.0. The number of aromatic nitrogens is 2. The Morgan fingerprint density at radius 3 is 2.51 bits per heavy atom. The zero-order valence-electron chi connectivity index (χ0n) is 31.9. The number of fused-ring (bicyclic) bond motifs is 3. The topological polar surface area (TPSA) is 195 Å². The van der Waals surface area contributed by atoms with Crippen molar-refractivity contribution in [2.75, 3.05) is 13.7 Å². The number of methoxy groups -OCH3 is 1. The first-order valence-corrected chi connectivity index (χ1v) is 20.8. The summed E-state index contributed by atoms with van der Waals surface area (Å²) in [5.41, 5.74) is -3.12. The molecule has 0 unspecified atom stereocenters. The molecular formula is C38H47F3N6O9S. The highest BCUT2D eigenvalue weighted by molar-refractivity contribution is 7.91. The van der Waals surface area contributed by atoms with Gasteiger partial charge in [0.1, 0.15) is 35.6 Å². The summed E-state index contributed by atoms with van der Waals surface area (Å²) in [6.07, 6.45) is 1.15. The maximum atomic E-state index is 14.5. The van der Waals surface area contributed by atoms with Crippen LogP contribution < -0.4 is 24.8 Å². The maximum Gasteiger partial charge on any atom is 0.438 e. The molecule has 1 saturated heterocycles. The predicted octanol–water partition coefficient (Wildman–Crippen LogP) is 4.29. The summed E-state index contributed by atoms with van der Waals surface area (Å²) >= 11 is 0. The predicted molar refractivity (Wildman–Crippen MR) is 197 cm³/mol. The standard InChI is InChI=1S/C38H47F3N6O9S/c1-21(22-11-12-22)55-35(51)44-27-10-8-6-4-5-7-9-23-19-37(23,34(50)46-57(52,53)36(2)15-16-36)45-31(48)29-18-25(20-47(29)33(27)49)56-32-30(38(39,40)41)42-26-14-13-24(54-3)17-28(26)43-32/h7,9,13-14,17,21-23,25,27,29H,4-6,8,10-12,15-16,18-20H2,1-3H3,(H,44,51)(H,45,48)(H,46,50)/b9-7-/t21-,23+,25+,27-,29-,37+/m0/s1. The van der Waals surface area contributed by atoms with Crippen LogP contribution in [0.25, 0.3) is 11.0 Å². The third-order valence-corrected chi connectivity index (χ3v) is 13.9. The highest BCUT2D eigenvalue weighted by atomic mass is 32.2. The SMILES string of the molecule is COc1ccc2nc(C(F)(F)F)c(O[C@@H]3C[C@H]4C(=O)N[C@]5(C(=O)NS(=O)(=O)C6(C)CC6)C[C@H]5/C=C\CCCCC[C@H](NC(=O)O[C@@H](C)C5CC5)C(=O)N4C3)nc2c1. The molecule has 15 nitrogen and oxygen atoms in total. The molecule has 3 aliphatic carbocycles. The lowest BCUT2D eigenvalue weighted by molar-refractivity contribution is -0.143. The van der Waals surface area contributed by atoms with Crippen LogP contribution in [0.2, 0.25) is 0 Å². The number of sulfonamides is 1. The number of alkyl halides is 3. The van der Waals surface area contributed by atoms with E-state index in [1.54, 1.807) is 13.0 Å². The normalized spacial score (nSPS) is 28.7. The van der Waals surface area contributed by atoms with Crippen LogP contribution in [0.4, 0.5) is 18.0 Å². The number of ether oxygens (including phenoxy) is 3. The Bertz CT molecular complexity index is 2080. The van der Waals surface area contributed by atoms with Crippen LogP contribution in [-0.2, 0) is 35.3 Å². The highest BCUT2D eigenvalue weighted by Crippen LogP contribution is 2.48. The number of hydrogen-bond donors (Lipinski definition) is 3. The van der Waals surface area contributed by atoms with Crippen molar-refractivity contribution in [2.24, 2.45) is 11.8 Å². The average molecular weight is 821 g/mol. The number of benzene rings is 1. The first-order valence-electron chi connectivity index (χ1n) is 19.4. The average Bonchev–Trinajstić information content (AvgIpc) is 4.09. The fourth-order valence-corrected chi connectivity index (χ4v) is 8.84. The molecule has 1 aromatic heterocycles. The van der Waals surface area contributed by atoms with Gasteiger partial charge in [0.15, 0.2) is 0 Å². The molecular weight excluding hydrogens is 774 g/mol. The smallest absolute Gasteiger partial charge is 0.438 e. The largest absolute Gasteiger partial charge is 0.497 e. The van der Waals surface area contributed by atoms with Gasteiger partial charge in [-0.15, -0.1) is 0 Å². The number of carbonyl (C=O) groups is 4. The number of allylic oxidation sites excluding steroid dienone is 1. The molecule has 0 spiro atoms. The van der Waals surface area contributed by atoms with Crippen LogP contribution in [0.15, 0.2) is 30.4 Å². The van der Waals surface area contributed by atoms with Gasteiger partial charge in [-0.05, 0) is 83.3 Å². The molecule has 0 bridgehead atoms. The molecule has 0 radical (unpaired) electrons. The fraction of sp³-hybridized carbons (Fsp3) is 0.632. The molecule has 5 aliphatic rings. The third kappa shape index (κ3) is 8.62. The molecule has 4 amide bonds. The number of carbonyl (C=O) groups excluding carboxylic acids is 4. The van der Waals surface area contributed by atoms with Crippen LogP contribution in [0, 0.1) is 11.8 Å². The Hall–Kier alpha value is -4.68. The van der Waals surface area contributed by atoms with E-state index in [2.05, 4.69) is 25.3 Å². The Morgan fingerprint density at radius 2 is 1.82 bits per heavy atom. The van der Waals surface area contributed by atoms with Crippen molar-refractivity contribution in [1.29, 1.82) is 0 Å². The number of rotatable bonds is 9. The van der Waals surface area contributed by atoms with E-state index in [1.165, 1.54) is 32.2 Å². The number of amides is 4. The van der Waals surface area contributed by atoms with Crippen molar-refractivity contribution < 1.29 is 55.0 Å². The van der Waals surface area contributed by atoms with Crippen molar-refractivity contribution >= 4 is 44.9 Å². The van der Waals surface area contributed by atoms with Crippen LogP contribution in [0.5, 0.6) is 11.6 Å². The second-order valence-corrected chi connectivity index (χ2v) is 18.3. The van der Waals surface area contributed by atoms with Crippen LogP contribution in [0.1, 0.15) is 90.2 Å². The van der Waals surface area contributed by atoms with Gasteiger partial charge in [-0.3, -0.25) is 19.1 Å². The Kier molecular flexibility index (Phi) is 10.8. The van der Waals surface area contributed by atoms with E-state index >= 15 is 0 Å². The summed E-state index contributed by atoms with van der Waals surface area (Å²) < 4.78 is 87.1. The molecule has 6 atom stereocenters. The summed E-state index contributed by atoms with van der Waals surface area (Å²) in [6, 6.07) is 1.56. The van der Waals surface area contributed by atoms with Crippen LogP contribution in [0.3, 0.4) is 0 Å². The summed E-state index contributed by atoms with van der Waals surface area (Å²) in [4.78, 5) is 64.8. The Morgan fingerprint density at radius 1 is 1.07 bits per heavy atom. The molecule has 2 aliphatic heterocycles. The van der Waals surface area contributed by atoms with Gasteiger partial charge in [0.2, 0.25) is 33.4 Å². The lowest BCUT2D eigenvalue weighted by Gasteiger charge is -2.30. The molecule has 310 valence electrons. The van der Waals surface area contributed by atoms with Gasteiger partial charge in [0.25, 0.3) is 5.91 Å². The van der Waals surface area contributed by atoms with Crippen molar-refractivity contribution in [3.63, 3.8) is 0 Å². The van der Waals surface area contributed by atoms with Gasteiger partial charge in [-0.1, -0.05) is 25.0 Å². The van der Waals surface area contributed by atoms with Crippen molar-refractivity contribution in [3.05, 3.63) is 36.0 Å². The summed E-state index contributed by atoms with van der Waals surface area (Å²) in [6.45, 7) is 2.89. The molecule has 3 N–H and O–H groups in total. The number of hydrogen-bond acceptors (Lipinski definition) is 11. The minimum Gasteiger partial charge on any atom is -0.497 e.